The van der Waals surface area contributed by atoms with Gasteiger partial charge in [0, 0.05) is 96.0 Å². The molecule has 2 aliphatic rings. The highest BCUT2D eigenvalue weighted by atomic mass is 35.5. The largest absolute Gasteiger partial charge is 0.415 e. The number of rotatable bonds is 14. The van der Waals surface area contributed by atoms with Crippen LogP contribution in [0.15, 0.2) is 89.3 Å². The molecule has 0 radical (unpaired) electrons. The number of aromatic nitrogens is 2. The van der Waals surface area contributed by atoms with Crippen LogP contribution < -0.4 is 15.1 Å². The van der Waals surface area contributed by atoms with Crippen molar-refractivity contribution < 1.29 is 49.9 Å². The monoisotopic (exact) mass is 1000 g/mol. The average molecular weight is 1000 g/mol. The van der Waals surface area contributed by atoms with E-state index in [0.29, 0.717) is 47.6 Å². The van der Waals surface area contributed by atoms with Crippen molar-refractivity contribution in [1.82, 2.24) is 35.1 Å². The van der Waals surface area contributed by atoms with Gasteiger partial charge >= 0.3 is 24.9 Å². The van der Waals surface area contributed by atoms with Gasteiger partial charge in [-0.15, -0.1) is 10.2 Å². The smallest absolute Gasteiger partial charge is 0.324 e. The molecule has 1 N–H and O–H groups in total. The highest BCUT2D eigenvalue weighted by Gasteiger charge is 2.29. The number of Topliss-reactive ketones (excluding diaryl/α,β-unsaturated/α-hetero) is 1. The molecule has 3 heterocycles. The standard InChI is InChI=1S/C24H26ClF3N4O3.C23H23ClF3N5O2/c1-2-30-9-11-31(12-10-30)24(35)32(19-7-5-18(25)6-8-19)15-17-4-3-16(13-20(17)26)21(33)14-29-23(34)22(27)28;1-2-30-9-11-31(12-10-30)23(33)32(18-7-5-17(24)6-8-18)14-16-4-3-15(13-19(16)25)21-28-29-22(34-21)20(26)27/h3-8,13,22H,2,9-12,14-15H2,1H3,(H,29,34);3-8,13,20H,2,9-12,14H2,1H3. The second kappa shape index (κ2) is 24.4. The van der Waals surface area contributed by atoms with Gasteiger partial charge in [-0.25, -0.2) is 18.4 Å². The minimum atomic E-state index is -3.25. The maximum atomic E-state index is 15.0. The Morgan fingerprint density at radius 3 is 1.52 bits per heavy atom. The van der Waals surface area contributed by atoms with Crippen molar-refractivity contribution in [2.24, 2.45) is 0 Å². The van der Waals surface area contributed by atoms with Gasteiger partial charge in [0.1, 0.15) is 11.6 Å². The Morgan fingerprint density at radius 2 is 1.12 bits per heavy atom. The van der Waals surface area contributed by atoms with E-state index in [1.807, 2.05) is 0 Å². The number of nitrogens with one attached hydrogen (secondary N) is 1. The molecule has 368 valence electrons. The molecule has 0 atom stereocenters. The highest BCUT2D eigenvalue weighted by molar-refractivity contribution is 6.31. The fourth-order valence-corrected chi connectivity index (χ4v) is 7.67. The van der Waals surface area contributed by atoms with Crippen molar-refractivity contribution in [3.05, 3.63) is 129 Å². The SMILES string of the molecule is CCN1CCN(C(=O)N(Cc2ccc(-c3nnc(C(F)F)o3)cc2F)c2ccc(Cl)cc2)CC1.CCN1CCN(C(=O)N(Cc2ccc(C(=O)CNC(=O)C(F)F)cc2F)c2ccc(Cl)cc2)CC1. The summed E-state index contributed by atoms with van der Waals surface area (Å²) in [6.45, 7) is 10.4. The molecule has 2 aliphatic heterocycles. The molecule has 0 bridgehead atoms. The molecule has 1 aromatic heterocycles. The van der Waals surface area contributed by atoms with E-state index in [1.165, 1.54) is 34.1 Å². The van der Waals surface area contributed by atoms with Crippen molar-refractivity contribution in [2.45, 2.75) is 39.8 Å². The van der Waals surface area contributed by atoms with E-state index in [4.69, 9.17) is 27.6 Å². The van der Waals surface area contributed by atoms with E-state index in [9.17, 15) is 41.1 Å². The lowest BCUT2D eigenvalue weighted by molar-refractivity contribution is -0.131. The summed E-state index contributed by atoms with van der Waals surface area (Å²) in [5.41, 5.74) is 1.60. The number of nitrogens with zero attached hydrogens (tertiary/aromatic N) is 8. The number of likely N-dealkylation sites (N-methyl/N-ethyl adjacent to an activating group) is 2. The van der Waals surface area contributed by atoms with Crippen LogP contribution in [0.5, 0.6) is 0 Å². The molecule has 2 saturated heterocycles. The Bertz CT molecular complexity index is 2540. The number of hydrogen-bond acceptors (Lipinski definition) is 9. The first kappa shape index (κ1) is 52.2. The molecule has 22 heteroatoms. The van der Waals surface area contributed by atoms with Crippen LogP contribution in [0.2, 0.25) is 10.0 Å². The quantitative estimate of drug-likeness (QED) is 0.0854. The van der Waals surface area contributed by atoms with Gasteiger partial charge in [-0.2, -0.15) is 17.6 Å². The number of hydrogen-bond donors (Lipinski definition) is 1. The van der Waals surface area contributed by atoms with Crippen LogP contribution in [-0.2, 0) is 17.9 Å². The number of anilines is 2. The van der Waals surface area contributed by atoms with Gasteiger partial charge < -0.3 is 29.3 Å². The number of piperazine rings is 2. The maximum Gasteiger partial charge on any atom is 0.324 e. The van der Waals surface area contributed by atoms with E-state index in [2.05, 4.69) is 33.8 Å². The number of carbonyl (C=O) groups excluding carboxylic acids is 4. The van der Waals surface area contributed by atoms with Gasteiger partial charge in [0.05, 0.1) is 19.6 Å². The Kier molecular flexibility index (Phi) is 18.4. The number of urea groups is 2. The summed E-state index contributed by atoms with van der Waals surface area (Å²) in [4.78, 5) is 60.8. The zero-order valence-corrected chi connectivity index (χ0v) is 39.1. The fraction of sp³-hybridized carbons (Fsp3) is 0.362. The number of halogens is 8. The molecule has 14 nitrogen and oxygen atoms in total. The summed E-state index contributed by atoms with van der Waals surface area (Å²) in [5.74, 6) is -4.70. The van der Waals surface area contributed by atoms with Crippen LogP contribution >= 0.6 is 23.2 Å². The Balaban J connectivity index is 0.000000227. The summed E-state index contributed by atoms with van der Waals surface area (Å²) < 4.78 is 84.9. The molecule has 0 unspecified atom stereocenters. The van der Waals surface area contributed by atoms with E-state index in [1.54, 1.807) is 63.6 Å². The van der Waals surface area contributed by atoms with Crippen LogP contribution in [0.3, 0.4) is 0 Å². The Hall–Kier alpha value is -6.22. The molecule has 5 amide bonds. The summed E-state index contributed by atoms with van der Waals surface area (Å²) in [7, 11) is 0. The molecular weight excluding hydrogens is 955 g/mol. The van der Waals surface area contributed by atoms with Gasteiger partial charge in [0.2, 0.25) is 5.89 Å². The topological polar surface area (TPSA) is 139 Å². The van der Waals surface area contributed by atoms with Crippen molar-refractivity contribution >= 4 is 58.3 Å². The van der Waals surface area contributed by atoms with Gasteiger partial charge in [-0.3, -0.25) is 19.4 Å². The lowest BCUT2D eigenvalue weighted by Crippen LogP contribution is -2.52. The summed E-state index contributed by atoms with van der Waals surface area (Å²) in [6, 6.07) is 20.6. The summed E-state index contributed by atoms with van der Waals surface area (Å²) in [5, 5.41) is 9.62. The number of carbonyl (C=O) groups is 4. The van der Waals surface area contributed by atoms with Gasteiger partial charge in [-0.05, 0) is 79.8 Å². The predicted molar refractivity (Wildman–Crippen MR) is 248 cm³/mol. The third-order valence-corrected chi connectivity index (χ3v) is 12.0. The number of amides is 5. The van der Waals surface area contributed by atoms with Crippen molar-refractivity contribution in [3.8, 4) is 11.5 Å². The first-order chi connectivity index (χ1) is 33.0. The number of alkyl halides is 4. The lowest BCUT2D eigenvalue weighted by atomic mass is 10.1. The zero-order chi connectivity index (χ0) is 49.8. The third kappa shape index (κ3) is 14.0. The minimum absolute atomic E-state index is 0.0350. The van der Waals surface area contributed by atoms with Crippen LogP contribution in [0, 0.1) is 11.6 Å². The van der Waals surface area contributed by atoms with Crippen molar-refractivity contribution in [2.75, 3.05) is 81.8 Å². The summed E-state index contributed by atoms with van der Waals surface area (Å²) in [6.07, 6.45) is -6.16. The second-order valence-electron chi connectivity index (χ2n) is 15.8. The van der Waals surface area contributed by atoms with E-state index < -0.39 is 48.6 Å². The minimum Gasteiger partial charge on any atom is -0.415 e. The lowest BCUT2D eigenvalue weighted by Gasteiger charge is -2.37. The van der Waals surface area contributed by atoms with Gasteiger partial charge in [0.15, 0.2) is 5.78 Å². The molecular formula is C47H49Cl2F6N9O5. The van der Waals surface area contributed by atoms with Crippen LogP contribution in [0.4, 0.5) is 47.3 Å². The molecule has 0 aliphatic carbocycles. The number of benzene rings is 4. The molecule has 0 spiro atoms. The van der Waals surface area contributed by atoms with Gasteiger partial charge in [-0.1, -0.05) is 55.2 Å². The Labute approximate surface area is 404 Å². The second-order valence-corrected chi connectivity index (χ2v) is 16.7. The van der Waals surface area contributed by atoms with Crippen LogP contribution in [0.25, 0.3) is 11.5 Å². The third-order valence-electron chi connectivity index (χ3n) is 11.5. The van der Waals surface area contributed by atoms with E-state index in [0.717, 1.165) is 51.4 Å². The van der Waals surface area contributed by atoms with Crippen LogP contribution in [-0.4, -0.2) is 132 Å². The molecule has 4 aromatic carbocycles. The Morgan fingerprint density at radius 1 is 0.652 bits per heavy atom. The predicted octanol–water partition coefficient (Wildman–Crippen LogP) is 9.04. The van der Waals surface area contributed by atoms with Crippen LogP contribution in [0.1, 0.15) is 47.6 Å². The summed E-state index contributed by atoms with van der Waals surface area (Å²) >= 11 is 12.0. The molecule has 0 saturated carbocycles. The van der Waals surface area contributed by atoms with Crippen molar-refractivity contribution in [1.29, 1.82) is 0 Å². The molecule has 2 fully saturated rings. The maximum absolute atomic E-state index is 15.0. The average Bonchev–Trinajstić information content (AvgIpc) is 3.87. The molecule has 7 rings (SSSR count). The molecule has 5 aromatic rings. The van der Waals surface area contributed by atoms with Crippen molar-refractivity contribution in [3.63, 3.8) is 0 Å². The molecule has 69 heavy (non-hydrogen) atoms. The van der Waals surface area contributed by atoms with E-state index in [-0.39, 0.29) is 53.3 Å². The van der Waals surface area contributed by atoms with E-state index >= 15 is 4.39 Å². The first-order valence-corrected chi connectivity index (χ1v) is 22.7. The highest BCUT2D eigenvalue weighted by Crippen LogP contribution is 2.28. The fourth-order valence-electron chi connectivity index (χ4n) is 7.42. The zero-order valence-electron chi connectivity index (χ0n) is 37.6. The number of ketones is 1. The van der Waals surface area contributed by atoms with Gasteiger partial charge in [0.25, 0.3) is 11.8 Å². The first-order valence-electron chi connectivity index (χ1n) is 21.9. The normalized spacial score (nSPS) is 14.4.